The van der Waals surface area contributed by atoms with Crippen LogP contribution < -0.4 is 9.47 Å². The van der Waals surface area contributed by atoms with Crippen LogP contribution in [0.25, 0.3) is 0 Å². The Bertz CT molecular complexity index is 1170. The smallest absolute Gasteiger partial charge is 0.275 e. The average molecular weight is 380 g/mol. The first kappa shape index (κ1) is 15.1. The highest BCUT2D eigenvalue weighted by Gasteiger charge is 2.74. The van der Waals surface area contributed by atoms with Crippen LogP contribution in [0.1, 0.15) is 27.0 Å². The molecule has 7 rings (SSSR count). The van der Waals surface area contributed by atoms with Crippen molar-refractivity contribution in [3.63, 3.8) is 0 Å². The molecule has 3 heterocycles. The maximum absolute atomic E-state index is 12.7. The second-order valence-corrected chi connectivity index (χ2v) is 7.55. The van der Waals surface area contributed by atoms with Crippen LogP contribution >= 0.6 is 0 Å². The van der Waals surface area contributed by atoms with E-state index >= 15 is 0 Å². The van der Waals surface area contributed by atoms with E-state index in [0.29, 0.717) is 17.1 Å². The molecule has 3 aliphatic heterocycles. The minimum atomic E-state index is -2.21. The summed E-state index contributed by atoms with van der Waals surface area (Å²) in [5.74, 6) is -5.12. The van der Waals surface area contributed by atoms with E-state index in [1.807, 2.05) is 0 Å². The lowest BCUT2D eigenvalue weighted by Crippen LogP contribution is -2.61. The molecule has 2 aromatic rings. The van der Waals surface area contributed by atoms with E-state index in [-0.39, 0.29) is 28.2 Å². The van der Waals surface area contributed by atoms with E-state index in [2.05, 4.69) is 0 Å². The molecular formula is C20H12O8. The van der Waals surface area contributed by atoms with Gasteiger partial charge in [0.05, 0.1) is 16.7 Å². The topological polar surface area (TPSA) is 118 Å². The number of phenolic OH excluding ortho intramolecular Hbond substituents is 1. The first-order valence-corrected chi connectivity index (χ1v) is 8.80. The summed E-state index contributed by atoms with van der Waals surface area (Å²) in [7, 11) is 0. The molecule has 1 fully saturated rings. The number of hydrogen-bond acceptors (Lipinski definition) is 8. The van der Waals surface area contributed by atoms with E-state index in [1.54, 1.807) is 18.2 Å². The number of ether oxygens (including phenoxy) is 4. The fourth-order valence-corrected chi connectivity index (χ4v) is 4.80. The summed E-state index contributed by atoms with van der Waals surface area (Å²) in [6.45, 7) is 0. The first-order chi connectivity index (χ1) is 13.4. The van der Waals surface area contributed by atoms with E-state index in [4.69, 9.17) is 18.9 Å². The van der Waals surface area contributed by atoms with Gasteiger partial charge in [0, 0.05) is 5.56 Å². The molecule has 1 saturated heterocycles. The summed E-state index contributed by atoms with van der Waals surface area (Å²) >= 11 is 0. The van der Waals surface area contributed by atoms with Crippen molar-refractivity contribution in [2.45, 2.75) is 29.6 Å². The SMILES string of the molecule is O=C1c2c(O)ccc3c2C2(Oc4cccc5c4C(C=CC5(O)O)(O3)O2)C2OC12. The highest BCUT2D eigenvalue weighted by atomic mass is 16.8. The number of aromatic hydroxyl groups is 1. The molecule has 5 aliphatic rings. The summed E-state index contributed by atoms with van der Waals surface area (Å²) in [6, 6.07) is 7.76. The third-order valence-electron chi connectivity index (χ3n) is 6.00. The molecule has 0 radical (unpaired) electrons. The molecule has 2 spiro atoms. The lowest BCUT2D eigenvalue weighted by atomic mass is 9.79. The number of rotatable bonds is 0. The zero-order chi connectivity index (χ0) is 19.1. The molecule has 2 aromatic carbocycles. The van der Waals surface area contributed by atoms with Crippen molar-refractivity contribution in [2.24, 2.45) is 0 Å². The number of Topliss-reactive ketones (excluding diaryl/α,β-unsaturated/α-hetero) is 1. The monoisotopic (exact) mass is 380 g/mol. The fraction of sp³-hybridized carbons (Fsp3) is 0.250. The number of carbonyl (C=O) groups excluding carboxylic acids is 1. The van der Waals surface area contributed by atoms with E-state index in [9.17, 15) is 20.1 Å². The summed E-state index contributed by atoms with van der Waals surface area (Å²) in [5, 5.41) is 31.1. The largest absolute Gasteiger partial charge is 0.507 e. The zero-order valence-electron chi connectivity index (χ0n) is 14.1. The summed E-state index contributed by atoms with van der Waals surface area (Å²) in [5.41, 5.74) is 0.854. The van der Waals surface area contributed by atoms with E-state index < -0.39 is 29.6 Å². The number of aliphatic hydroxyl groups is 2. The van der Waals surface area contributed by atoms with Gasteiger partial charge in [0.25, 0.3) is 11.6 Å². The lowest BCUT2D eigenvalue weighted by molar-refractivity contribution is -0.348. The number of ketones is 1. The number of hydrogen-bond donors (Lipinski definition) is 3. The van der Waals surface area contributed by atoms with Crippen molar-refractivity contribution in [2.75, 3.05) is 0 Å². The number of benzene rings is 2. The predicted octanol–water partition coefficient (Wildman–Crippen LogP) is 0.870. The average Bonchev–Trinajstić information content (AvgIpc) is 3.47. The normalized spacial score (nSPS) is 36.4. The Labute approximate surface area is 157 Å². The molecule has 4 unspecified atom stereocenters. The second-order valence-electron chi connectivity index (χ2n) is 7.55. The molecule has 3 N–H and O–H groups in total. The van der Waals surface area contributed by atoms with Crippen molar-refractivity contribution < 1.29 is 39.1 Å². The van der Waals surface area contributed by atoms with Gasteiger partial charge in [0.2, 0.25) is 5.79 Å². The Hall–Kier alpha value is -2.91. The molecule has 0 aromatic heterocycles. The molecule has 0 saturated carbocycles. The van der Waals surface area contributed by atoms with Crippen molar-refractivity contribution in [3.05, 3.63) is 64.7 Å². The second kappa shape index (κ2) is 4.08. The maximum Gasteiger partial charge on any atom is 0.275 e. The third kappa shape index (κ3) is 1.42. The Morgan fingerprint density at radius 3 is 2.64 bits per heavy atom. The van der Waals surface area contributed by atoms with Crippen LogP contribution in [0.3, 0.4) is 0 Å². The van der Waals surface area contributed by atoms with Gasteiger partial charge in [-0.05, 0) is 30.4 Å². The number of phenols is 1. The third-order valence-corrected chi connectivity index (χ3v) is 6.00. The molecule has 0 amide bonds. The van der Waals surface area contributed by atoms with Crippen LogP contribution in [0.5, 0.6) is 17.2 Å². The zero-order valence-corrected chi connectivity index (χ0v) is 14.1. The molecule has 8 heteroatoms. The van der Waals surface area contributed by atoms with Gasteiger partial charge in [-0.15, -0.1) is 0 Å². The minimum absolute atomic E-state index is 0.0594. The predicted molar refractivity (Wildman–Crippen MR) is 88.5 cm³/mol. The van der Waals surface area contributed by atoms with Crippen LogP contribution in [-0.4, -0.2) is 33.3 Å². The highest BCUT2D eigenvalue weighted by molar-refractivity contribution is 6.07. The molecule has 28 heavy (non-hydrogen) atoms. The van der Waals surface area contributed by atoms with Crippen molar-refractivity contribution >= 4 is 5.78 Å². The van der Waals surface area contributed by atoms with Gasteiger partial charge >= 0.3 is 0 Å². The summed E-state index contributed by atoms with van der Waals surface area (Å²) in [4.78, 5) is 12.7. The van der Waals surface area contributed by atoms with Crippen LogP contribution in [-0.2, 0) is 26.8 Å². The maximum atomic E-state index is 12.7. The molecule has 4 atom stereocenters. The Balaban J connectivity index is 1.59. The standard InChI is InChI=1S/C20H12O8/c21-9-4-5-11-14-12(9)15(22)16-17(25-16)20(14)27-10-3-1-2-8-13(10)19(26-11,28-20)7-6-18(8,23)24/h1-7,16-17,21,23-24H. The van der Waals surface area contributed by atoms with Gasteiger partial charge in [-0.25, -0.2) is 0 Å². The van der Waals surface area contributed by atoms with Crippen molar-refractivity contribution in [3.8, 4) is 17.2 Å². The van der Waals surface area contributed by atoms with Gasteiger partial charge in [0.15, 0.2) is 18.0 Å². The fourth-order valence-electron chi connectivity index (χ4n) is 4.80. The van der Waals surface area contributed by atoms with Crippen LogP contribution in [0.2, 0.25) is 0 Å². The van der Waals surface area contributed by atoms with Gasteiger partial charge in [0.1, 0.15) is 17.2 Å². The Morgan fingerprint density at radius 2 is 1.79 bits per heavy atom. The van der Waals surface area contributed by atoms with Crippen LogP contribution in [0, 0.1) is 0 Å². The minimum Gasteiger partial charge on any atom is -0.507 e. The molecule has 140 valence electrons. The number of epoxide rings is 1. The van der Waals surface area contributed by atoms with Gasteiger partial charge in [-0.2, -0.15) is 0 Å². The first-order valence-electron chi connectivity index (χ1n) is 8.80. The quantitative estimate of drug-likeness (QED) is 0.350. The van der Waals surface area contributed by atoms with Gasteiger partial charge < -0.3 is 29.5 Å². The van der Waals surface area contributed by atoms with E-state index in [1.165, 1.54) is 24.3 Å². The Morgan fingerprint density at radius 1 is 0.964 bits per heavy atom. The number of carbonyl (C=O) groups is 1. The van der Waals surface area contributed by atoms with Crippen LogP contribution in [0.15, 0.2) is 42.5 Å². The van der Waals surface area contributed by atoms with Crippen LogP contribution in [0.4, 0.5) is 0 Å². The van der Waals surface area contributed by atoms with E-state index in [0.717, 1.165) is 0 Å². The molecule has 2 bridgehead atoms. The highest BCUT2D eigenvalue weighted by Crippen LogP contribution is 2.64. The summed E-state index contributed by atoms with van der Waals surface area (Å²) < 4.78 is 24.3. The molecule has 2 aliphatic carbocycles. The Kier molecular flexibility index (Phi) is 2.20. The van der Waals surface area contributed by atoms with Crippen molar-refractivity contribution in [1.82, 2.24) is 0 Å². The lowest BCUT2D eigenvalue weighted by Gasteiger charge is -2.53. The summed E-state index contributed by atoms with van der Waals surface area (Å²) in [6.07, 6.45) is 1.13. The van der Waals surface area contributed by atoms with Crippen molar-refractivity contribution in [1.29, 1.82) is 0 Å². The number of fused-ring (bicyclic) bond motifs is 1. The molecule has 8 nitrogen and oxygen atoms in total. The molecular weight excluding hydrogens is 368 g/mol. The van der Waals surface area contributed by atoms with Gasteiger partial charge in [-0.1, -0.05) is 12.1 Å². The van der Waals surface area contributed by atoms with Gasteiger partial charge in [-0.3, -0.25) is 9.53 Å².